The lowest BCUT2D eigenvalue weighted by Gasteiger charge is -2.15. The molecule has 0 saturated carbocycles. The van der Waals surface area contributed by atoms with Crippen LogP contribution in [0.5, 0.6) is 0 Å². The van der Waals surface area contributed by atoms with Crippen LogP contribution in [-0.2, 0) is 28.4 Å². The first kappa shape index (κ1) is 11.5. The minimum absolute atomic E-state index is 0.0828. The maximum Gasteiger partial charge on any atom is 0.154 e. The van der Waals surface area contributed by atoms with E-state index in [2.05, 4.69) is 9.97 Å². The molecule has 6 heteroatoms. The van der Waals surface area contributed by atoms with E-state index < -0.39 is 9.84 Å². The molecule has 1 aliphatic heterocycles. The SMILES string of the molecule is NCCCc1ncc2c(n1)CCS(=O)(=O)C2. The van der Waals surface area contributed by atoms with Crippen LogP contribution in [0.3, 0.4) is 0 Å². The van der Waals surface area contributed by atoms with Crippen molar-refractivity contribution in [2.75, 3.05) is 12.3 Å². The van der Waals surface area contributed by atoms with Crippen LogP contribution in [0, 0.1) is 0 Å². The molecule has 0 bridgehead atoms. The van der Waals surface area contributed by atoms with Crippen molar-refractivity contribution in [3.05, 3.63) is 23.3 Å². The third kappa shape index (κ3) is 2.56. The minimum atomic E-state index is -2.93. The summed E-state index contributed by atoms with van der Waals surface area (Å²) in [7, 11) is -2.93. The molecule has 0 aliphatic carbocycles. The Morgan fingerprint density at radius 3 is 3.00 bits per heavy atom. The Balaban J connectivity index is 2.21. The molecule has 5 nitrogen and oxygen atoms in total. The van der Waals surface area contributed by atoms with Crippen LogP contribution in [0.1, 0.15) is 23.5 Å². The van der Waals surface area contributed by atoms with Crippen molar-refractivity contribution in [2.24, 2.45) is 5.73 Å². The summed E-state index contributed by atoms with van der Waals surface area (Å²) in [4.78, 5) is 8.55. The molecule has 0 radical (unpaired) electrons. The van der Waals surface area contributed by atoms with Crippen LogP contribution in [0.4, 0.5) is 0 Å². The van der Waals surface area contributed by atoms with Crippen molar-refractivity contribution in [1.82, 2.24) is 9.97 Å². The van der Waals surface area contributed by atoms with Gasteiger partial charge in [-0.15, -0.1) is 0 Å². The highest BCUT2D eigenvalue weighted by atomic mass is 32.2. The summed E-state index contributed by atoms with van der Waals surface area (Å²) in [6.45, 7) is 0.620. The lowest BCUT2D eigenvalue weighted by atomic mass is 10.2. The number of fused-ring (bicyclic) bond motifs is 1. The summed E-state index contributed by atoms with van der Waals surface area (Å²) in [6.07, 6.45) is 3.77. The fourth-order valence-corrected chi connectivity index (χ4v) is 3.13. The fraction of sp³-hybridized carbons (Fsp3) is 0.600. The number of rotatable bonds is 3. The number of nitrogens with zero attached hydrogens (tertiary/aromatic N) is 2. The molecule has 16 heavy (non-hydrogen) atoms. The second kappa shape index (κ2) is 4.47. The van der Waals surface area contributed by atoms with Crippen LogP contribution in [0.15, 0.2) is 6.20 Å². The maximum absolute atomic E-state index is 11.4. The van der Waals surface area contributed by atoms with E-state index in [1.54, 1.807) is 6.20 Å². The predicted octanol–water partition coefficient (Wildman–Crippen LogP) is -0.161. The first-order valence-corrected chi connectivity index (χ1v) is 7.17. The molecule has 1 aromatic heterocycles. The molecule has 0 spiro atoms. The maximum atomic E-state index is 11.4. The van der Waals surface area contributed by atoms with Crippen molar-refractivity contribution in [3.8, 4) is 0 Å². The molecule has 1 aliphatic rings. The number of aromatic nitrogens is 2. The Morgan fingerprint density at radius 1 is 1.44 bits per heavy atom. The Kier molecular flexibility index (Phi) is 3.20. The summed E-state index contributed by atoms with van der Waals surface area (Å²) >= 11 is 0. The van der Waals surface area contributed by atoms with Gasteiger partial charge in [-0.3, -0.25) is 0 Å². The second-order valence-corrected chi connectivity index (χ2v) is 6.18. The standard InChI is InChI=1S/C10H15N3O2S/c11-4-1-2-10-12-6-8-7-16(14,15)5-3-9(8)13-10/h6H,1-5,7,11H2. The largest absolute Gasteiger partial charge is 0.330 e. The van der Waals surface area contributed by atoms with Gasteiger partial charge < -0.3 is 5.73 Å². The summed E-state index contributed by atoms with van der Waals surface area (Å²) in [6, 6.07) is 0. The monoisotopic (exact) mass is 241 g/mol. The fourth-order valence-electron chi connectivity index (χ4n) is 1.76. The molecular formula is C10H15N3O2S. The van der Waals surface area contributed by atoms with E-state index in [-0.39, 0.29) is 11.5 Å². The molecule has 0 unspecified atom stereocenters. The topological polar surface area (TPSA) is 85.9 Å². The molecule has 0 atom stereocenters. The summed E-state index contributed by atoms with van der Waals surface area (Å²) < 4.78 is 22.8. The summed E-state index contributed by atoms with van der Waals surface area (Å²) in [5.41, 5.74) is 7.05. The lowest BCUT2D eigenvalue weighted by Crippen LogP contribution is -2.21. The van der Waals surface area contributed by atoms with Crippen LogP contribution in [0.25, 0.3) is 0 Å². The Labute approximate surface area is 95.0 Å². The molecule has 88 valence electrons. The predicted molar refractivity (Wildman–Crippen MR) is 60.6 cm³/mol. The Bertz CT molecular complexity index is 485. The van der Waals surface area contributed by atoms with E-state index in [9.17, 15) is 8.42 Å². The molecule has 2 heterocycles. The van der Waals surface area contributed by atoms with Gasteiger partial charge in [0.2, 0.25) is 0 Å². The van der Waals surface area contributed by atoms with Crippen molar-refractivity contribution in [3.63, 3.8) is 0 Å². The van der Waals surface area contributed by atoms with Gasteiger partial charge in [0.1, 0.15) is 5.82 Å². The Morgan fingerprint density at radius 2 is 2.25 bits per heavy atom. The number of hydrogen-bond donors (Lipinski definition) is 1. The molecule has 0 saturated heterocycles. The first-order chi connectivity index (χ1) is 7.61. The zero-order chi connectivity index (χ0) is 11.6. The normalized spacial score (nSPS) is 18.1. The van der Waals surface area contributed by atoms with Gasteiger partial charge in [0.25, 0.3) is 0 Å². The van der Waals surface area contributed by atoms with Gasteiger partial charge in [-0.1, -0.05) is 0 Å². The Hall–Kier alpha value is -1.01. The lowest BCUT2D eigenvalue weighted by molar-refractivity contribution is 0.589. The van der Waals surface area contributed by atoms with Crippen molar-refractivity contribution >= 4 is 9.84 Å². The summed E-state index contributed by atoms with van der Waals surface area (Å²) in [5.74, 6) is 1.05. The molecule has 0 fully saturated rings. The zero-order valence-electron chi connectivity index (χ0n) is 9.02. The zero-order valence-corrected chi connectivity index (χ0v) is 9.83. The average Bonchev–Trinajstić information content (AvgIpc) is 2.25. The van der Waals surface area contributed by atoms with E-state index in [1.165, 1.54) is 0 Å². The second-order valence-electron chi connectivity index (χ2n) is 3.99. The van der Waals surface area contributed by atoms with Gasteiger partial charge in [-0.05, 0) is 13.0 Å². The van der Waals surface area contributed by atoms with Crippen LogP contribution >= 0.6 is 0 Å². The van der Waals surface area contributed by atoms with Crippen molar-refractivity contribution in [2.45, 2.75) is 25.0 Å². The van der Waals surface area contributed by atoms with E-state index in [0.717, 1.165) is 29.9 Å². The van der Waals surface area contributed by atoms with Gasteiger partial charge in [0, 0.05) is 30.3 Å². The number of sulfone groups is 1. The van der Waals surface area contributed by atoms with E-state index in [0.29, 0.717) is 13.0 Å². The highest BCUT2D eigenvalue weighted by molar-refractivity contribution is 7.90. The smallest absolute Gasteiger partial charge is 0.154 e. The number of nitrogens with two attached hydrogens (primary N) is 1. The van der Waals surface area contributed by atoms with E-state index in [4.69, 9.17) is 5.73 Å². The highest BCUT2D eigenvalue weighted by Crippen LogP contribution is 2.18. The molecule has 0 aromatic carbocycles. The van der Waals surface area contributed by atoms with Crippen molar-refractivity contribution in [1.29, 1.82) is 0 Å². The number of hydrogen-bond acceptors (Lipinski definition) is 5. The molecule has 2 N–H and O–H groups in total. The average molecular weight is 241 g/mol. The molecular weight excluding hydrogens is 226 g/mol. The van der Waals surface area contributed by atoms with E-state index >= 15 is 0 Å². The van der Waals surface area contributed by atoms with Crippen LogP contribution < -0.4 is 5.73 Å². The molecule has 2 rings (SSSR count). The van der Waals surface area contributed by atoms with Crippen LogP contribution in [0.2, 0.25) is 0 Å². The minimum Gasteiger partial charge on any atom is -0.330 e. The quantitative estimate of drug-likeness (QED) is 0.794. The molecule has 0 amide bonds. The van der Waals surface area contributed by atoms with Gasteiger partial charge in [-0.25, -0.2) is 18.4 Å². The third-order valence-corrected chi connectivity index (χ3v) is 4.21. The molecule has 1 aromatic rings. The van der Waals surface area contributed by atoms with E-state index in [1.807, 2.05) is 0 Å². The van der Waals surface area contributed by atoms with Gasteiger partial charge in [0.05, 0.1) is 11.5 Å². The summed E-state index contributed by atoms with van der Waals surface area (Å²) in [5, 5.41) is 0. The van der Waals surface area contributed by atoms with Gasteiger partial charge in [-0.2, -0.15) is 0 Å². The van der Waals surface area contributed by atoms with Gasteiger partial charge in [0.15, 0.2) is 9.84 Å². The number of aryl methyl sites for hydroxylation is 2. The first-order valence-electron chi connectivity index (χ1n) is 5.35. The van der Waals surface area contributed by atoms with Crippen molar-refractivity contribution < 1.29 is 8.42 Å². The van der Waals surface area contributed by atoms with Crippen LogP contribution in [-0.4, -0.2) is 30.7 Å². The highest BCUT2D eigenvalue weighted by Gasteiger charge is 2.22. The van der Waals surface area contributed by atoms with Gasteiger partial charge >= 0.3 is 0 Å². The third-order valence-electron chi connectivity index (χ3n) is 2.63.